The van der Waals surface area contributed by atoms with Crippen molar-refractivity contribution in [2.24, 2.45) is 5.73 Å². The maximum Gasteiger partial charge on any atom is 0.237 e. The summed E-state index contributed by atoms with van der Waals surface area (Å²) >= 11 is 0. The fourth-order valence-corrected chi connectivity index (χ4v) is 1.75. The van der Waals surface area contributed by atoms with Gasteiger partial charge in [0.05, 0.1) is 18.7 Å². The minimum Gasteiger partial charge on any atom is -0.394 e. The summed E-state index contributed by atoms with van der Waals surface area (Å²) in [4.78, 5) is 11.8. The molecule has 18 heavy (non-hydrogen) atoms. The molecule has 1 rings (SSSR count). The summed E-state index contributed by atoms with van der Waals surface area (Å²) in [5, 5.41) is 12.1. The first-order valence-electron chi connectivity index (χ1n) is 6.40. The molecule has 0 bridgehead atoms. The molecule has 0 aliphatic rings. The fraction of sp³-hybridized carbons (Fsp3) is 0.500. The summed E-state index contributed by atoms with van der Waals surface area (Å²) in [5.41, 5.74) is 6.68. The molecule has 1 amide bonds. The molecule has 0 aliphatic heterocycles. The highest BCUT2D eigenvalue weighted by molar-refractivity contribution is 5.81. The van der Waals surface area contributed by atoms with Crippen molar-refractivity contribution in [2.75, 3.05) is 6.61 Å². The first kappa shape index (κ1) is 14.7. The normalized spacial score (nSPS) is 13.9. The van der Waals surface area contributed by atoms with E-state index in [9.17, 15) is 9.90 Å². The van der Waals surface area contributed by atoms with E-state index in [4.69, 9.17) is 5.73 Å². The summed E-state index contributed by atoms with van der Waals surface area (Å²) in [6.07, 6.45) is 2.63. The number of nitrogens with two attached hydrogens (primary N) is 1. The zero-order valence-electron chi connectivity index (χ0n) is 10.8. The predicted molar refractivity (Wildman–Crippen MR) is 71.9 cm³/mol. The highest BCUT2D eigenvalue weighted by atomic mass is 16.3. The molecule has 0 saturated carbocycles. The number of hydrogen-bond acceptors (Lipinski definition) is 3. The number of amides is 1. The Labute approximate surface area is 108 Å². The van der Waals surface area contributed by atoms with Crippen LogP contribution in [0.15, 0.2) is 30.3 Å². The van der Waals surface area contributed by atoms with Crippen LogP contribution in [0.3, 0.4) is 0 Å². The van der Waals surface area contributed by atoms with Crippen LogP contribution in [-0.4, -0.2) is 23.7 Å². The number of carbonyl (C=O) groups is 1. The Balaban J connectivity index is 2.56. The number of aliphatic hydroxyl groups is 1. The molecule has 0 radical (unpaired) electrons. The first-order valence-corrected chi connectivity index (χ1v) is 6.40. The Kier molecular flexibility index (Phi) is 6.39. The van der Waals surface area contributed by atoms with Gasteiger partial charge in [-0.2, -0.15) is 0 Å². The van der Waals surface area contributed by atoms with Gasteiger partial charge in [-0.15, -0.1) is 0 Å². The van der Waals surface area contributed by atoms with Crippen LogP contribution < -0.4 is 11.1 Å². The Morgan fingerprint density at radius 2 is 2.06 bits per heavy atom. The Morgan fingerprint density at radius 1 is 1.39 bits per heavy atom. The van der Waals surface area contributed by atoms with E-state index in [-0.39, 0.29) is 18.6 Å². The van der Waals surface area contributed by atoms with E-state index >= 15 is 0 Å². The van der Waals surface area contributed by atoms with Crippen LogP contribution in [0.25, 0.3) is 0 Å². The summed E-state index contributed by atoms with van der Waals surface area (Å²) < 4.78 is 0. The van der Waals surface area contributed by atoms with Crippen molar-refractivity contribution in [2.45, 2.75) is 38.3 Å². The molecule has 0 heterocycles. The number of carbonyl (C=O) groups excluding carboxylic acids is 1. The third-order valence-electron chi connectivity index (χ3n) is 2.91. The van der Waals surface area contributed by atoms with Gasteiger partial charge in [0.1, 0.15) is 0 Å². The minimum absolute atomic E-state index is 0.129. The molecule has 4 N–H and O–H groups in total. The average molecular weight is 250 g/mol. The quantitative estimate of drug-likeness (QED) is 0.684. The van der Waals surface area contributed by atoms with E-state index in [1.807, 2.05) is 30.3 Å². The summed E-state index contributed by atoms with van der Waals surface area (Å²) in [6.45, 7) is 1.93. The number of nitrogens with one attached hydrogen (secondary N) is 1. The van der Waals surface area contributed by atoms with Crippen molar-refractivity contribution in [1.82, 2.24) is 5.32 Å². The van der Waals surface area contributed by atoms with Gasteiger partial charge in [-0.1, -0.05) is 50.1 Å². The SMILES string of the molecule is CCCC[C@H](N)C(=O)N[C@@H](CO)c1ccccc1. The van der Waals surface area contributed by atoms with Gasteiger partial charge < -0.3 is 16.2 Å². The van der Waals surface area contributed by atoms with E-state index in [1.165, 1.54) is 0 Å². The summed E-state index contributed by atoms with van der Waals surface area (Å²) in [5.74, 6) is -0.202. The van der Waals surface area contributed by atoms with Gasteiger partial charge in [-0.25, -0.2) is 0 Å². The van der Waals surface area contributed by atoms with Crippen LogP contribution in [0.4, 0.5) is 0 Å². The van der Waals surface area contributed by atoms with Crippen molar-refractivity contribution >= 4 is 5.91 Å². The van der Waals surface area contributed by atoms with Gasteiger partial charge in [0, 0.05) is 0 Å². The van der Waals surface area contributed by atoms with Crippen LogP contribution in [0.2, 0.25) is 0 Å². The maximum absolute atomic E-state index is 11.8. The van der Waals surface area contributed by atoms with Crippen molar-refractivity contribution in [3.8, 4) is 0 Å². The smallest absolute Gasteiger partial charge is 0.237 e. The largest absolute Gasteiger partial charge is 0.394 e. The summed E-state index contributed by atoms with van der Waals surface area (Å²) in [7, 11) is 0. The van der Waals surface area contributed by atoms with Gasteiger partial charge in [0.2, 0.25) is 5.91 Å². The molecule has 0 aromatic heterocycles. The van der Waals surface area contributed by atoms with Crippen LogP contribution in [0, 0.1) is 0 Å². The second-order valence-corrected chi connectivity index (χ2v) is 4.40. The van der Waals surface area contributed by atoms with Crippen molar-refractivity contribution in [1.29, 1.82) is 0 Å². The van der Waals surface area contributed by atoms with Crippen molar-refractivity contribution in [3.05, 3.63) is 35.9 Å². The molecule has 0 fully saturated rings. The predicted octanol–water partition coefficient (Wildman–Crippen LogP) is 1.35. The molecular formula is C14H22N2O2. The second kappa shape index (κ2) is 7.84. The topological polar surface area (TPSA) is 75.4 Å². The molecule has 100 valence electrons. The lowest BCUT2D eigenvalue weighted by Crippen LogP contribution is -2.43. The highest BCUT2D eigenvalue weighted by Gasteiger charge is 2.18. The van der Waals surface area contributed by atoms with Crippen LogP contribution in [0.1, 0.15) is 37.8 Å². The minimum atomic E-state index is -0.497. The molecule has 4 heteroatoms. The van der Waals surface area contributed by atoms with E-state index in [0.29, 0.717) is 6.42 Å². The molecule has 1 aromatic carbocycles. The second-order valence-electron chi connectivity index (χ2n) is 4.40. The van der Waals surface area contributed by atoms with Gasteiger partial charge in [0.25, 0.3) is 0 Å². The number of unbranched alkanes of at least 4 members (excludes halogenated alkanes) is 1. The molecule has 0 unspecified atom stereocenters. The maximum atomic E-state index is 11.8. The van der Waals surface area contributed by atoms with Gasteiger partial charge >= 0.3 is 0 Å². The van der Waals surface area contributed by atoms with Crippen LogP contribution in [0.5, 0.6) is 0 Å². The molecule has 1 aromatic rings. The van der Waals surface area contributed by atoms with Crippen LogP contribution in [-0.2, 0) is 4.79 Å². The molecule has 4 nitrogen and oxygen atoms in total. The third-order valence-corrected chi connectivity index (χ3v) is 2.91. The number of aliphatic hydroxyl groups excluding tert-OH is 1. The zero-order chi connectivity index (χ0) is 13.4. The summed E-state index contributed by atoms with van der Waals surface area (Å²) in [6, 6.07) is 8.51. The van der Waals surface area contributed by atoms with Crippen LogP contribution >= 0.6 is 0 Å². The lowest BCUT2D eigenvalue weighted by molar-refractivity contribution is -0.123. The third kappa shape index (κ3) is 4.47. The zero-order valence-corrected chi connectivity index (χ0v) is 10.8. The molecular weight excluding hydrogens is 228 g/mol. The fourth-order valence-electron chi connectivity index (χ4n) is 1.75. The van der Waals surface area contributed by atoms with E-state index in [1.54, 1.807) is 0 Å². The van der Waals surface area contributed by atoms with Crippen molar-refractivity contribution < 1.29 is 9.90 Å². The Bertz CT molecular complexity index is 354. The standard InChI is InChI=1S/C14H22N2O2/c1-2-3-9-12(15)14(18)16-13(10-17)11-7-5-4-6-8-11/h4-8,12-13,17H,2-3,9-10,15H2,1H3,(H,16,18)/t12-,13-/m0/s1. The Morgan fingerprint density at radius 3 is 2.61 bits per heavy atom. The van der Waals surface area contributed by atoms with Gasteiger partial charge in [-0.3, -0.25) is 4.79 Å². The lowest BCUT2D eigenvalue weighted by atomic mass is 10.1. The number of hydrogen-bond donors (Lipinski definition) is 3. The molecule has 0 aliphatic carbocycles. The highest BCUT2D eigenvalue weighted by Crippen LogP contribution is 2.12. The van der Waals surface area contributed by atoms with E-state index in [2.05, 4.69) is 12.2 Å². The number of benzene rings is 1. The molecule has 0 saturated heterocycles. The average Bonchev–Trinajstić information content (AvgIpc) is 2.42. The Hall–Kier alpha value is -1.39. The van der Waals surface area contributed by atoms with E-state index < -0.39 is 6.04 Å². The lowest BCUT2D eigenvalue weighted by Gasteiger charge is -2.19. The monoisotopic (exact) mass is 250 g/mol. The van der Waals surface area contributed by atoms with E-state index in [0.717, 1.165) is 18.4 Å². The van der Waals surface area contributed by atoms with Crippen molar-refractivity contribution in [3.63, 3.8) is 0 Å². The van der Waals surface area contributed by atoms with Gasteiger partial charge in [0.15, 0.2) is 0 Å². The van der Waals surface area contributed by atoms with Gasteiger partial charge in [-0.05, 0) is 12.0 Å². The molecule has 0 spiro atoms. The molecule has 2 atom stereocenters. The first-order chi connectivity index (χ1) is 8.69. The number of rotatable bonds is 7.